The van der Waals surface area contributed by atoms with Crippen molar-refractivity contribution in [3.8, 4) is 0 Å². The number of ether oxygens (including phenoxy) is 1. The van der Waals surface area contributed by atoms with E-state index in [0.29, 0.717) is 13.0 Å². The van der Waals surface area contributed by atoms with Crippen LogP contribution in [0, 0.1) is 0 Å². The number of carbonyl (C=O) groups is 2. The molecule has 0 heterocycles. The predicted molar refractivity (Wildman–Crippen MR) is 50.9 cm³/mol. The zero-order valence-electron chi connectivity index (χ0n) is 8.16. The van der Waals surface area contributed by atoms with Gasteiger partial charge in [0.15, 0.2) is 6.04 Å². The van der Waals surface area contributed by atoms with Gasteiger partial charge in [-0.1, -0.05) is 6.08 Å². The molecule has 0 saturated carbocycles. The summed E-state index contributed by atoms with van der Waals surface area (Å²) >= 11 is 0. The van der Waals surface area contributed by atoms with E-state index in [4.69, 9.17) is 9.84 Å². The monoisotopic (exact) mass is 201 g/mol. The molecule has 0 spiro atoms. The quantitative estimate of drug-likeness (QED) is 0.454. The van der Waals surface area contributed by atoms with Gasteiger partial charge in [-0.25, -0.2) is 4.79 Å². The van der Waals surface area contributed by atoms with Gasteiger partial charge in [-0.3, -0.25) is 4.79 Å². The molecule has 0 aromatic rings. The number of carbonyl (C=O) groups excluding carboxylic acids is 1. The summed E-state index contributed by atoms with van der Waals surface area (Å²) in [5.74, 6) is -1.48. The summed E-state index contributed by atoms with van der Waals surface area (Å²) < 4.78 is 5.03. The van der Waals surface area contributed by atoms with Gasteiger partial charge in [0.2, 0.25) is 5.91 Å². The van der Waals surface area contributed by atoms with Crippen LogP contribution < -0.4 is 5.32 Å². The van der Waals surface area contributed by atoms with Crippen molar-refractivity contribution in [1.29, 1.82) is 0 Å². The van der Waals surface area contributed by atoms with Gasteiger partial charge in [0.1, 0.15) is 0 Å². The first-order valence-corrected chi connectivity index (χ1v) is 4.26. The first-order chi connectivity index (χ1) is 6.57. The molecular weight excluding hydrogens is 186 g/mol. The van der Waals surface area contributed by atoms with E-state index < -0.39 is 12.0 Å². The van der Waals surface area contributed by atoms with E-state index in [9.17, 15) is 9.59 Å². The van der Waals surface area contributed by atoms with Crippen LogP contribution in [0.3, 0.4) is 0 Å². The molecule has 0 aliphatic heterocycles. The smallest absolute Gasteiger partial charge is 0.328 e. The van der Waals surface area contributed by atoms with Gasteiger partial charge in [-0.2, -0.15) is 0 Å². The van der Waals surface area contributed by atoms with E-state index in [1.165, 1.54) is 6.92 Å². The Balaban J connectivity index is 3.79. The van der Waals surface area contributed by atoms with Gasteiger partial charge in [0, 0.05) is 6.92 Å². The number of aliphatic carboxylic acids is 1. The molecule has 0 aromatic carbocycles. The average Bonchev–Trinajstić information content (AvgIpc) is 2.09. The van der Waals surface area contributed by atoms with E-state index in [2.05, 4.69) is 11.9 Å². The average molecular weight is 201 g/mol. The Morgan fingerprint density at radius 1 is 1.64 bits per heavy atom. The lowest BCUT2D eigenvalue weighted by Gasteiger charge is -2.12. The van der Waals surface area contributed by atoms with Gasteiger partial charge in [0.25, 0.3) is 0 Å². The van der Waals surface area contributed by atoms with Crippen LogP contribution in [0.1, 0.15) is 13.3 Å². The van der Waals surface area contributed by atoms with Crippen LogP contribution in [0.5, 0.6) is 0 Å². The molecule has 0 radical (unpaired) electrons. The molecule has 80 valence electrons. The molecular formula is C9H15NO4. The minimum atomic E-state index is -1.10. The molecule has 0 aromatic heterocycles. The summed E-state index contributed by atoms with van der Waals surface area (Å²) in [6.45, 7) is 5.14. The van der Waals surface area contributed by atoms with Crippen LogP contribution in [0.25, 0.3) is 0 Å². The Labute approximate surface area is 82.7 Å². The topological polar surface area (TPSA) is 75.6 Å². The number of carboxylic acid groups (broad SMARTS) is 1. The lowest BCUT2D eigenvalue weighted by atomic mass is 10.3. The molecule has 0 aliphatic rings. The number of hydrogen-bond donors (Lipinski definition) is 2. The highest BCUT2D eigenvalue weighted by molar-refractivity contribution is 5.82. The van der Waals surface area contributed by atoms with Gasteiger partial charge >= 0.3 is 5.97 Å². The Morgan fingerprint density at radius 2 is 2.29 bits per heavy atom. The van der Waals surface area contributed by atoms with Crippen molar-refractivity contribution < 1.29 is 19.4 Å². The van der Waals surface area contributed by atoms with Crippen molar-refractivity contribution >= 4 is 11.9 Å². The van der Waals surface area contributed by atoms with Crippen LogP contribution in [0.15, 0.2) is 12.7 Å². The third-order valence-electron chi connectivity index (χ3n) is 1.43. The van der Waals surface area contributed by atoms with Crippen molar-refractivity contribution in [3.05, 3.63) is 12.7 Å². The van der Waals surface area contributed by atoms with Crippen molar-refractivity contribution in [3.63, 3.8) is 0 Å². The molecule has 2 N–H and O–H groups in total. The fourth-order valence-corrected chi connectivity index (χ4v) is 0.788. The molecule has 1 amide bonds. The normalized spacial score (nSPS) is 11.8. The summed E-state index contributed by atoms with van der Waals surface area (Å²) in [6, 6.07) is -0.975. The number of rotatable bonds is 7. The summed E-state index contributed by atoms with van der Waals surface area (Å²) in [4.78, 5) is 21.2. The van der Waals surface area contributed by atoms with E-state index >= 15 is 0 Å². The first kappa shape index (κ1) is 12.6. The molecule has 1 unspecified atom stereocenters. The maximum Gasteiger partial charge on any atom is 0.328 e. The standard InChI is InChI=1S/C9H15NO4/c1-3-4-5-14-6-8(9(12)13)10-7(2)11/h3,8H,1,4-6H2,2H3,(H,10,11)(H,12,13). The number of amides is 1. The second-order valence-corrected chi connectivity index (χ2v) is 2.74. The van der Waals surface area contributed by atoms with Crippen molar-refractivity contribution in [2.75, 3.05) is 13.2 Å². The molecule has 5 nitrogen and oxygen atoms in total. The Morgan fingerprint density at radius 3 is 2.71 bits per heavy atom. The highest BCUT2D eigenvalue weighted by atomic mass is 16.5. The van der Waals surface area contributed by atoms with Crippen molar-refractivity contribution in [1.82, 2.24) is 5.32 Å². The van der Waals surface area contributed by atoms with Crippen LogP contribution >= 0.6 is 0 Å². The Kier molecular flexibility index (Phi) is 6.39. The Bertz CT molecular complexity index is 215. The maximum absolute atomic E-state index is 10.6. The summed E-state index contributed by atoms with van der Waals surface area (Å²) in [5, 5.41) is 10.9. The minimum Gasteiger partial charge on any atom is -0.480 e. The third kappa shape index (κ3) is 6.19. The second kappa shape index (κ2) is 7.08. The number of hydrogen-bond acceptors (Lipinski definition) is 3. The van der Waals surface area contributed by atoms with E-state index in [-0.39, 0.29) is 12.5 Å². The molecule has 5 heteroatoms. The number of nitrogens with one attached hydrogen (secondary N) is 1. The predicted octanol–water partition coefficient (Wildman–Crippen LogP) is 0.168. The fraction of sp³-hybridized carbons (Fsp3) is 0.556. The van der Waals surface area contributed by atoms with Crippen LogP contribution in [-0.4, -0.2) is 36.2 Å². The second-order valence-electron chi connectivity index (χ2n) is 2.74. The minimum absolute atomic E-state index is 0.0250. The highest BCUT2D eigenvalue weighted by Crippen LogP contribution is 1.89. The van der Waals surface area contributed by atoms with E-state index in [0.717, 1.165) is 0 Å². The van der Waals surface area contributed by atoms with Gasteiger partial charge in [0.05, 0.1) is 13.2 Å². The zero-order chi connectivity index (χ0) is 11.0. The van der Waals surface area contributed by atoms with Crippen molar-refractivity contribution in [2.24, 2.45) is 0 Å². The lowest BCUT2D eigenvalue weighted by Crippen LogP contribution is -2.43. The number of carboxylic acids is 1. The summed E-state index contributed by atoms with van der Waals surface area (Å²) in [7, 11) is 0. The van der Waals surface area contributed by atoms with Gasteiger partial charge in [-0.05, 0) is 6.42 Å². The van der Waals surface area contributed by atoms with Crippen molar-refractivity contribution in [2.45, 2.75) is 19.4 Å². The molecule has 14 heavy (non-hydrogen) atoms. The SMILES string of the molecule is C=CCCOCC(NC(C)=O)C(=O)O. The largest absolute Gasteiger partial charge is 0.480 e. The van der Waals surface area contributed by atoms with Crippen LogP contribution in [0.2, 0.25) is 0 Å². The summed E-state index contributed by atoms with van der Waals surface area (Å²) in [6.07, 6.45) is 2.33. The van der Waals surface area contributed by atoms with Gasteiger partial charge in [-0.15, -0.1) is 6.58 Å². The fourth-order valence-electron chi connectivity index (χ4n) is 0.788. The maximum atomic E-state index is 10.6. The molecule has 0 bridgehead atoms. The van der Waals surface area contributed by atoms with Crippen LogP contribution in [0.4, 0.5) is 0 Å². The molecule has 0 rings (SSSR count). The third-order valence-corrected chi connectivity index (χ3v) is 1.43. The highest BCUT2D eigenvalue weighted by Gasteiger charge is 2.17. The lowest BCUT2D eigenvalue weighted by molar-refractivity contribution is -0.143. The Hall–Kier alpha value is -1.36. The zero-order valence-corrected chi connectivity index (χ0v) is 8.16. The molecule has 0 aliphatic carbocycles. The van der Waals surface area contributed by atoms with E-state index in [1.54, 1.807) is 6.08 Å². The first-order valence-electron chi connectivity index (χ1n) is 4.26. The van der Waals surface area contributed by atoms with Crippen LogP contribution in [-0.2, 0) is 14.3 Å². The molecule has 0 fully saturated rings. The van der Waals surface area contributed by atoms with E-state index in [1.807, 2.05) is 0 Å². The summed E-state index contributed by atoms with van der Waals surface area (Å²) in [5.41, 5.74) is 0. The van der Waals surface area contributed by atoms with Gasteiger partial charge < -0.3 is 15.2 Å². The molecule has 1 atom stereocenters. The molecule has 0 saturated heterocycles.